The summed E-state index contributed by atoms with van der Waals surface area (Å²) in [6.07, 6.45) is 3.04. The van der Waals surface area contributed by atoms with E-state index in [1.807, 2.05) is 18.2 Å². The number of esters is 1. The standard InChI is InChI=1S/C22H25NO4/c1-2-3-15-26-19-13-9-17(10-14-19)22(25)27-20(16-7-5-4-6-8-16)21(24)23-18-11-12-18/h4-10,13-14,18,20H,2-3,11-12,15H2,1H3,(H,23,24)/t20-/m1/s1. The Kier molecular flexibility index (Phi) is 6.47. The zero-order valence-electron chi connectivity index (χ0n) is 15.5. The molecule has 0 aromatic heterocycles. The second-order valence-electron chi connectivity index (χ2n) is 6.71. The van der Waals surface area contributed by atoms with E-state index < -0.39 is 12.1 Å². The molecule has 2 aromatic carbocycles. The molecule has 1 amide bonds. The van der Waals surface area contributed by atoms with Crippen LogP contribution in [0.25, 0.3) is 0 Å². The largest absolute Gasteiger partial charge is 0.494 e. The number of unbranched alkanes of at least 4 members (excludes halogenated alkanes) is 1. The van der Waals surface area contributed by atoms with Crippen LogP contribution in [0.5, 0.6) is 5.75 Å². The molecule has 0 heterocycles. The molecule has 0 bridgehead atoms. The van der Waals surface area contributed by atoms with E-state index in [4.69, 9.17) is 9.47 Å². The molecule has 0 spiro atoms. The lowest BCUT2D eigenvalue weighted by molar-refractivity contribution is -0.130. The molecular formula is C22H25NO4. The molecular weight excluding hydrogens is 342 g/mol. The summed E-state index contributed by atoms with van der Waals surface area (Å²) >= 11 is 0. The van der Waals surface area contributed by atoms with Crippen molar-refractivity contribution in [2.45, 2.75) is 44.8 Å². The number of carbonyl (C=O) groups is 2. The molecule has 0 unspecified atom stereocenters. The lowest BCUT2D eigenvalue weighted by Crippen LogP contribution is -2.33. The van der Waals surface area contributed by atoms with Gasteiger partial charge in [0.05, 0.1) is 12.2 Å². The molecule has 1 fully saturated rings. The average Bonchev–Trinajstić information content (AvgIpc) is 3.51. The second-order valence-corrected chi connectivity index (χ2v) is 6.71. The van der Waals surface area contributed by atoms with Gasteiger partial charge >= 0.3 is 5.97 Å². The molecule has 0 saturated heterocycles. The molecule has 1 saturated carbocycles. The molecule has 1 atom stereocenters. The predicted octanol–water partition coefficient (Wildman–Crippen LogP) is 4.04. The van der Waals surface area contributed by atoms with Crippen LogP contribution in [0.15, 0.2) is 54.6 Å². The third-order valence-corrected chi connectivity index (χ3v) is 4.35. The average molecular weight is 367 g/mol. The summed E-state index contributed by atoms with van der Waals surface area (Å²) in [7, 11) is 0. The van der Waals surface area contributed by atoms with Crippen molar-refractivity contribution in [3.8, 4) is 5.75 Å². The Morgan fingerprint density at radius 3 is 2.41 bits per heavy atom. The van der Waals surface area contributed by atoms with Gasteiger partial charge in [-0.05, 0) is 43.5 Å². The summed E-state index contributed by atoms with van der Waals surface area (Å²) < 4.78 is 11.2. The number of hydrogen-bond acceptors (Lipinski definition) is 4. The maximum absolute atomic E-state index is 12.6. The Morgan fingerprint density at radius 1 is 1.07 bits per heavy atom. The van der Waals surface area contributed by atoms with Crippen LogP contribution >= 0.6 is 0 Å². The van der Waals surface area contributed by atoms with Gasteiger partial charge in [0.2, 0.25) is 6.10 Å². The minimum Gasteiger partial charge on any atom is -0.494 e. The van der Waals surface area contributed by atoms with Crippen LogP contribution in [0.2, 0.25) is 0 Å². The Bertz CT molecular complexity index is 754. The van der Waals surface area contributed by atoms with Crippen molar-refractivity contribution < 1.29 is 19.1 Å². The summed E-state index contributed by atoms with van der Waals surface area (Å²) in [5.41, 5.74) is 1.04. The van der Waals surface area contributed by atoms with Gasteiger partial charge in [-0.25, -0.2) is 4.79 Å². The molecule has 2 aromatic rings. The summed E-state index contributed by atoms with van der Waals surface area (Å²) in [6, 6.07) is 16.1. The first-order chi connectivity index (χ1) is 13.2. The molecule has 1 N–H and O–H groups in total. The highest BCUT2D eigenvalue weighted by atomic mass is 16.5. The Balaban J connectivity index is 1.67. The van der Waals surface area contributed by atoms with Gasteiger partial charge in [-0.15, -0.1) is 0 Å². The molecule has 0 radical (unpaired) electrons. The van der Waals surface area contributed by atoms with Gasteiger partial charge in [0.25, 0.3) is 5.91 Å². The molecule has 5 heteroatoms. The van der Waals surface area contributed by atoms with E-state index in [9.17, 15) is 9.59 Å². The van der Waals surface area contributed by atoms with E-state index in [1.54, 1.807) is 36.4 Å². The summed E-state index contributed by atoms with van der Waals surface area (Å²) in [5.74, 6) is -0.0995. The molecule has 27 heavy (non-hydrogen) atoms. The lowest BCUT2D eigenvalue weighted by atomic mass is 10.1. The Hall–Kier alpha value is -2.82. The number of hydrogen-bond donors (Lipinski definition) is 1. The normalized spacial score (nSPS) is 14.3. The second kappa shape index (κ2) is 9.21. The molecule has 142 valence electrons. The van der Waals surface area contributed by atoms with Crippen molar-refractivity contribution in [3.63, 3.8) is 0 Å². The topological polar surface area (TPSA) is 64.6 Å². The zero-order chi connectivity index (χ0) is 19.1. The SMILES string of the molecule is CCCCOc1ccc(C(=O)O[C@@H](C(=O)NC2CC2)c2ccccc2)cc1. The minimum absolute atomic E-state index is 0.196. The highest BCUT2D eigenvalue weighted by molar-refractivity contribution is 5.93. The van der Waals surface area contributed by atoms with Crippen LogP contribution in [0, 0.1) is 0 Å². The first kappa shape index (κ1) is 19.0. The molecule has 1 aliphatic rings. The van der Waals surface area contributed by atoms with E-state index in [2.05, 4.69) is 12.2 Å². The Labute approximate surface area is 159 Å². The van der Waals surface area contributed by atoms with Crippen molar-refractivity contribution in [3.05, 3.63) is 65.7 Å². The number of carbonyl (C=O) groups excluding carboxylic acids is 2. The third kappa shape index (κ3) is 5.58. The minimum atomic E-state index is -0.959. The van der Waals surface area contributed by atoms with Crippen LogP contribution in [0.1, 0.15) is 54.6 Å². The van der Waals surface area contributed by atoms with Crippen molar-refractivity contribution >= 4 is 11.9 Å². The van der Waals surface area contributed by atoms with Crippen molar-refractivity contribution in [1.29, 1.82) is 0 Å². The summed E-state index contributed by atoms with van der Waals surface area (Å²) in [6.45, 7) is 2.75. The van der Waals surface area contributed by atoms with Crippen LogP contribution in [-0.4, -0.2) is 24.5 Å². The third-order valence-electron chi connectivity index (χ3n) is 4.35. The van der Waals surface area contributed by atoms with Crippen molar-refractivity contribution in [1.82, 2.24) is 5.32 Å². The van der Waals surface area contributed by atoms with Crippen LogP contribution in [0.4, 0.5) is 0 Å². The lowest BCUT2D eigenvalue weighted by Gasteiger charge is -2.18. The van der Waals surface area contributed by atoms with Gasteiger partial charge in [0.1, 0.15) is 5.75 Å². The first-order valence-electron chi connectivity index (χ1n) is 9.46. The van der Waals surface area contributed by atoms with Crippen molar-refractivity contribution in [2.24, 2.45) is 0 Å². The Morgan fingerprint density at radius 2 is 1.78 bits per heavy atom. The van der Waals surface area contributed by atoms with Gasteiger partial charge < -0.3 is 14.8 Å². The van der Waals surface area contributed by atoms with E-state index in [1.165, 1.54) is 0 Å². The van der Waals surface area contributed by atoms with Gasteiger partial charge in [0, 0.05) is 11.6 Å². The smallest absolute Gasteiger partial charge is 0.339 e. The number of nitrogens with one attached hydrogen (secondary N) is 1. The number of amides is 1. The predicted molar refractivity (Wildman–Crippen MR) is 103 cm³/mol. The van der Waals surface area contributed by atoms with E-state index in [0.717, 1.165) is 25.7 Å². The van der Waals surface area contributed by atoms with Crippen LogP contribution < -0.4 is 10.1 Å². The number of rotatable bonds is 9. The highest BCUT2D eigenvalue weighted by Crippen LogP contribution is 2.24. The maximum atomic E-state index is 12.6. The molecule has 5 nitrogen and oxygen atoms in total. The summed E-state index contributed by atoms with van der Waals surface area (Å²) in [5, 5.41) is 2.91. The molecule has 1 aliphatic carbocycles. The quantitative estimate of drug-likeness (QED) is 0.537. The first-order valence-corrected chi connectivity index (χ1v) is 9.46. The van der Waals surface area contributed by atoms with E-state index in [-0.39, 0.29) is 11.9 Å². The van der Waals surface area contributed by atoms with Crippen molar-refractivity contribution in [2.75, 3.05) is 6.61 Å². The fourth-order valence-corrected chi connectivity index (χ4v) is 2.60. The fraction of sp³-hybridized carbons (Fsp3) is 0.364. The molecule has 0 aliphatic heterocycles. The van der Waals surface area contributed by atoms with Gasteiger partial charge in [0.15, 0.2) is 0 Å². The maximum Gasteiger partial charge on any atom is 0.339 e. The fourth-order valence-electron chi connectivity index (χ4n) is 2.60. The summed E-state index contributed by atoms with van der Waals surface area (Å²) in [4.78, 5) is 25.1. The number of ether oxygens (including phenoxy) is 2. The zero-order valence-corrected chi connectivity index (χ0v) is 15.5. The highest BCUT2D eigenvalue weighted by Gasteiger charge is 2.31. The van der Waals surface area contributed by atoms with Gasteiger partial charge in [-0.3, -0.25) is 4.79 Å². The van der Waals surface area contributed by atoms with E-state index >= 15 is 0 Å². The monoisotopic (exact) mass is 367 g/mol. The van der Waals surface area contributed by atoms with Gasteiger partial charge in [-0.2, -0.15) is 0 Å². The van der Waals surface area contributed by atoms with Gasteiger partial charge in [-0.1, -0.05) is 43.7 Å². The number of benzene rings is 2. The van der Waals surface area contributed by atoms with Crippen LogP contribution in [-0.2, 0) is 9.53 Å². The molecule has 3 rings (SSSR count). The van der Waals surface area contributed by atoms with E-state index in [0.29, 0.717) is 23.5 Å². The van der Waals surface area contributed by atoms with Crippen LogP contribution in [0.3, 0.4) is 0 Å².